The molecule has 0 aliphatic rings. The fourth-order valence-electron chi connectivity index (χ4n) is 2.25. The molecule has 0 unspecified atom stereocenters. The molecule has 0 saturated heterocycles. The van der Waals surface area contributed by atoms with Crippen molar-refractivity contribution in [2.45, 2.75) is 26.7 Å². The quantitative estimate of drug-likeness (QED) is 0.465. The number of ether oxygens (including phenoxy) is 1. The monoisotopic (exact) mass is 314 g/mol. The van der Waals surface area contributed by atoms with Gasteiger partial charge in [-0.2, -0.15) is 4.39 Å². The Labute approximate surface area is 135 Å². The Hall–Kier alpha value is -2.42. The van der Waals surface area contributed by atoms with Gasteiger partial charge in [0.25, 0.3) is 0 Å². The van der Waals surface area contributed by atoms with Gasteiger partial charge in [0, 0.05) is 5.56 Å². The first kappa shape index (κ1) is 16.9. The highest BCUT2D eigenvalue weighted by Crippen LogP contribution is 2.30. The molecule has 0 heterocycles. The number of halogens is 2. The molecular weight excluding hydrogens is 294 g/mol. The third-order valence-electron chi connectivity index (χ3n) is 3.48. The van der Waals surface area contributed by atoms with Gasteiger partial charge in [0.15, 0.2) is 11.6 Å². The lowest BCUT2D eigenvalue weighted by Crippen LogP contribution is -1.95. The van der Waals surface area contributed by atoms with Crippen molar-refractivity contribution in [2.24, 2.45) is 0 Å². The first-order chi connectivity index (χ1) is 11.2. The zero-order valence-corrected chi connectivity index (χ0v) is 13.4. The summed E-state index contributed by atoms with van der Waals surface area (Å²) < 4.78 is 33.3. The van der Waals surface area contributed by atoms with E-state index < -0.39 is 11.6 Å². The van der Waals surface area contributed by atoms with Crippen LogP contribution in [0.15, 0.2) is 60.9 Å². The molecule has 0 spiro atoms. The summed E-state index contributed by atoms with van der Waals surface area (Å²) in [6.07, 6.45) is 8.94. The minimum atomic E-state index is -0.974. The predicted molar refractivity (Wildman–Crippen MR) is 90.4 cm³/mol. The maximum absolute atomic E-state index is 14.2. The van der Waals surface area contributed by atoms with Gasteiger partial charge in [0.2, 0.25) is 5.82 Å². The zero-order chi connectivity index (χ0) is 16.7. The Morgan fingerprint density at radius 3 is 2.30 bits per heavy atom. The van der Waals surface area contributed by atoms with E-state index in [1.54, 1.807) is 13.0 Å². The topological polar surface area (TPSA) is 9.23 Å². The summed E-state index contributed by atoms with van der Waals surface area (Å²) in [5.41, 5.74) is 2.05. The van der Waals surface area contributed by atoms with E-state index in [4.69, 9.17) is 4.74 Å². The van der Waals surface area contributed by atoms with E-state index in [-0.39, 0.29) is 11.3 Å². The van der Waals surface area contributed by atoms with Gasteiger partial charge in [-0.3, -0.25) is 0 Å². The Morgan fingerprint density at radius 1 is 0.913 bits per heavy atom. The minimum Gasteiger partial charge on any atom is -0.462 e. The Balaban J connectivity index is 2.23. The van der Waals surface area contributed by atoms with Crippen LogP contribution in [0.4, 0.5) is 8.78 Å². The average Bonchev–Trinajstić information content (AvgIpc) is 2.57. The summed E-state index contributed by atoms with van der Waals surface area (Å²) >= 11 is 0. The van der Waals surface area contributed by atoms with Crippen molar-refractivity contribution in [2.75, 3.05) is 0 Å². The number of aryl methyl sites for hydroxylation is 1. The SMILES string of the molecule is CC=CCCc1ccc(-c2ccc(OC=CC)c(F)c2F)cc1. The second-order valence-electron chi connectivity index (χ2n) is 5.13. The summed E-state index contributed by atoms with van der Waals surface area (Å²) in [7, 11) is 0. The van der Waals surface area contributed by atoms with E-state index in [0.717, 1.165) is 12.8 Å². The first-order valence-corrected chi connectivity index (χ1v) is 7.63. The van der Waals surface area contributed by atoms with Crippen molar-refractivity contribution in [3.05, 3.63) is 78.1 Å². The summed E-state index contributed by atoms with van der Waals surface area (Å²) in [4.78, 5) is 0. The fraction of sp³-hybridized carbons (Fsp3) is 0.200. The van der Waals surface area contributed by atoms with Crippen molar-refractivity contribution < 1.29 is 13.5 Å². The van der Waals surface area contributed by atoms with Crippen LogP contribution in [0.3, 0.4) is 0 Å². The lowest BCUT2D eigenvalue weighted by molar-refractivity contribution is 0.415. The van der Waals surface area contributed by atoms with E-state index in [2.05, 4.69) is 6.08 Å². The Kier molecular flexibility index (Phi) is 6.10. The second-order valence-corrected chi connectivity index (χ2v) is 5.13. The standard InChI is InChI=1S/C20H20F2O/c1-3-5-6-7-15-8-10-16(11-9-15)17-12-13-18(23-14-4-2)20(22)19(17)21/h3-5,8-14H,6-7H2,1-2H3. The highest BCUT2D eigenvalue weighted by molar-refractivity contribution is 5.65. The molecule has 0 radical (unpaired) electrons. The van der Waals surface area contributed by atoms with Gasteiger partial charge < -0.3 is 4.74 Å². The van der Waals surface area contributed by atoms with E-state index in [9.17, 15) is 8.78 Å². The molecule has 2 aromatic rings. The van der Waals surface area contributed by atoms with Crippen molar-refractivity contribution in [3.8, 4) is 16.9 Å². The van der Waals surface area contributed by atoms with Gasteiger partial charge >= 0.3 is 0 Å². The predicted octanol–water partition coefficient (Wildman–Crippen LogP) is 6.05. The van der Waals surface area contributed by atoms with Crippen LogP contribution in [0.5, 0.6) is 5.75 Å². The fourth-order valence-corrected chi connectivity index (χ4v) is 2.25. The van der Waals surface area contributed by atoms with Gasteiger partial charge in [-0.15, -0.1) is 0 Å². The second kappa shape index (κ2) is 8.28. The maximum Gasteiger partial charge on any atom is 0.201 e. The largest absolute Gasteiger partial charge is 0.462 e. The molecule has 120 valence electrons. The number of hydrogen-bond acceptors (Lipinski definition) is 1. The molecule has 0 bridgehead atoms. The highest BCUT2D eigenvalue weighted by atomic mass is 19.2. The van der Waals surface area contributed by atoms with E-state index in [0.29, 0.717) is 5.56 Å². The molecule has 0 atom stereocenters. The van der Waals surface area contributed by atoms with Crippen LogP contribution in [0, 0.1) is 11.6 Å². The third kappa shape index (κ3) is 4.28. The van der Waals surface area contributed by atoms with Crippen molar-refractivity contribution in [1.82, 2.24) is 0 Å². The molecule has 2 rings (SSSR count). The van der Waals surface area contributed by atoms with Gasteiger partial charge in [0.1, 0.15) is 0 Å². The molecule has 0 fully saturated rings. The number of rotatable bonds is 6. The van der Waals surface area contributed by atoms with Crippen LogP contribution >= 0.6 is 0 Å². The van der Waals surface area contributed by atoms with E-state index >= 15 is 0 Å². The molecule has 1 nitrogen and oxygen atoms in total. The molecule has 23 heavy (non-hydrogen) atoms. The molecule has 0 aliphatic carbocycles. The summed E-state index contributed by atoms with van der Waals surface area (Å²) in [6.45, 7) is 3.73. The number of allylic oxidation sites excluding steroid dienone is 3. The summed E-state index contributed by atoms with van der Waals surface area (Å²) in [5, 5.41) is 0. The van der Waals surface area contributed by atoms with Gasteiger partial charge in [-0.25, -0.2) is 4.39 Å². The van der Waals surface area contributed by atoms with Gasteiger partial charge in [-0.1, -0.05) is 42.5 Å². The van der Waals surface area contributed by atoms with Gasteiger partial charge in [-0.05, 0) is 49.9 Å². The molecule has 2 aromatic carbocycles. The minimum absolute atomic E-state index is 0.118. The Morgan fingerprint density at radius 2 is 1.65 bits per heavy atom. The normalized spacial score (nSPS) is 11.5. The first-order valence-electron chi connectivity index (χ1n) is 7.63. The van der Waals surface area contributed by atoms with Crippen LogP contribution in [-0.2, 0) is 6.42 Å². The number of hydrogen-bond donors (Lipinski definition) is 0. The molecular formula is C20H20F2O. The van der Waals surface area contributed by atoms with E-state index in [1.165, 1.54) is 24.0 Å². The third-order valence-corrected chi connectivity index (χ3v) is 3.48. The van der Waals surface area contributed by atoms with Crippen molar-refractivity contribution >= 4 is 0 Å². The smallest absolute Gasteiger partial charge is 0.201 e. The molecule has 0 aliphatic heterocycles. The molecule has 0 saturated carbocycles. The van der Waals surface area contributed by atoms with Crippen LogP contribution in [0.25, 0.3) is 11.1 Å². The number of benzene rings is 2. The van der Waals surface area contributed by atoms with Crippen LogP contribution in [0.2, 0.25) is 0 Å². The zero-order valence-electron chi connectivity index (χ0n) is 13.4. The lowest BCUT2D eigenvalue weighted by Gasteiger charge is -2.09. The highest BCUT2D eigenvalue weighted by Gasteiger charge is 2.15. The van der Waals surface area contributed by atoms with Gasteiger partial charge in [0.05, 0.1) is 6.26 Å². The Bertz CT molecular complexity index is 700. The summed E-state index contributed by atoms with van der Waals surface area (Å²) in [5.74, 6) is -1.99. The lowest BCUT2D eigenvalue weighted by atomic mass is 10.0. The summed E-state index contributed by atoms with van der Waals surface area (Å²) in [6, 6.07) is 10.5. The van der Waals surface area contributed by atoms with Crippen LogP contribution in [-0.4, -0.2) is 0 Å². The molecule has 0 N–H and O–H groups in total. The molecule has 0 aromatic heterocycles. The average molecular weight is 314 g/mol. The van der Waals surface area contributed by atoms with Crippen LogP contribution in [0.1, 0.15) is 25.8 Å². The maximum atomic E-state index is 14.2. The van der Waals surface area contributed by atoms with Crippen LogP contribution < -0.4 is 4.74 Å². The molecule has 0 amide bonds. The molecule has 3 heteroatoms. The van der Waals surface area contributed by atoms with Crippen molar-refractivity contribution in [1.29, 1.82) is 0 Å². The van der Waals surface area contributed by atoms with E-state index in [1.807, 2.05) is 37.3 Å². The van der Waals surface area contributed by atoms with Crippen molar-refractivity contribution in [3.63, 3.8) is 0 Å².